The van der Waals surface area contributed by atoms with Crippen LogP contribution in [0.15, 0.2) is 0 Å². The summed E-state index contributed by atoms with van der Waals surface area (Å²) in [5, 5.41) is 3.22. The van der Waals surface area contributed by atoms with Gasteiger partial charge in [-0.1, -0.05) is 19.3 Å². The Bertz CT molecular complexity index is 588. The van der Waals surface area contributed by atoms with Gasteiger partial charge in [-0.05, 0) is 71.1 Å². The summed E-state index contributed by atoms with van der Waals surface area (Å²) in [7, 11) is -0.978. The van der Waals surface area contributed by atoms with Crippen LogP contribution in [0.4, 0.5) is 0 Å². The summed E-state index contributed by atoms with van der Waals surface area (Å²) < 4.78 is 24.0. The van der Waals surface area contributed by atoms with E-state index in [-0.39, 0.29) is 41.9 Å². The van der Waals surface area contributed by atoms with Crippen molar-refractivity contribution in [1.29, 1.82) is 0 Å². The molecule has 1 atom stereocenters. The first-order valence-corrected chi connectivity index (χ1v) is 12.7. The monoisotopic (exact) mass is 435 g/mol. The Labute approximate surface area is 177 Å². The van der Waals surface area contributed by atoms with Crippen molar-refractivity contribution in [2.24, 2.45) is 5.92 Å². The van der Waals surface area contributed by atoms with Gasteiger partial charge in [0.1, 0.15) is 0 Å². The number of nitrogens with zero attached hydrogens (tertiary/aromatic N) is 2. The van der Waals surface area contributed by atoms with Gasteiger partial charge in [-0.3, -0.25) is 9.69 Å². The summed E-state index contributed by atoms with van der Waals surface area (Å²) >= 11 is 0. The molecule has 1 unspecified atom stereocenters. The van der Waals surface area contributed by atoms with E-state index in [1.54, 1.807) is 0 Å². The van der Waals surface area contributed by atoms with Crippen LogP contribution in [0, 0.1) is 5.92 Å². The highest BCUT2D eigenvalue weighted by Gasteiger charge is 2.39. The standard InChI is InChI=1S/C20H37N3O3S.ClH/c1-21-11-7-17-8-12-22(13-9-17)15-20(24)23(18-5-3-2-4-6-18)19-10-14-27(25,26)16-19;/h17-19,21H,2-16H2,1H3;1H. The van der Waals surface area contributed by atoms with Gasteiger partial charge in [0.15, 0.2) is 9.84 Å². The Balaban J connectivity index is 0.00000280. The van der Waals surface area contributed by atoms with E-state index in [9.17, 15) is 13.2 Å². The summed E-state index contributed by atoms with van der Waals surface area (Å²) in [6.07, 6.45) is 9.79. The van der Waals surface area contributed by atoms with Gasteiger partial charge in [0, 0.05) is 12.1 Å². The molecular weight excluding hydrogens is 398 g/mol. The van der Waals surface area contributed by atoms with E-state index in [4.69, 9.17) is 0 Å². The van der Waals surface area contributed by atoms with Gasteiger partial charge in [-0.15, -0.1) is 12.4 Å². The molecule has 3 aliphatic rings. The normalized spacial score (nSPS) is 26.7. The lowest BCUT2D eigenvalue weighted by Gasteiger charge is -2.40. The van der Waals surface area contributed by atoms with E-state index < -0.39 is 9.84 Å². The van der Waals surface area contributed by atoms with Crippen LogP contribution in [0.5, 0.6) is 0 Å². The number of piperidine rings is 1. The zero-order valence-electron chi connectivity index (χ0n) is 17.3. The Kier molecular flexibility index (Phi) is 9.51. The van der Waals surface area contributed by atoms with Crippen LogP contribution in [0.3, 0.4) is 0 Å². The molecule has 164 valence electrons. The second-order valence-electron chi connectivity index (χ2n) is 8.76. The van der Waals surface area contributed by atoms with Crippen LogP contribution >= 0.6 is 12.4 Å². The zero-order valence-corrected chi connectivity index (χ0v) is 18.9. The molecule has 1 saturated carbocycles. The van der Waals surface area contributed by atoms with Crippen LogP contribution in [-0.4, -0.2) is 80.9 Å². The topological polar surface area (TPSA) is 69.7 Å². The van der Waals surface area contributed by atoms with E-state index in [2.05, 4.69) is 10.2 Å². The number of likely N-dealkylation sites (tertiary alicyclic amines) is 1. The zero-order chi connectivity index (χ0) is 19.3. The second-order valence-corrected chi connectivity index (χ2v) is 11.0. The number of carbonyl (C=O) groups is 1. The highest BCUT2D eigenvalue weighted by molar-refractivity contribution is 7.91. The van der Waals surface area contributed by atoms with Crippen LogP contribution < -0.4 is 5.32 Å². The van der Waals surface area contributed by atoms with Gasteiger partial charge < -0.3 is 10.2 Å². The molecule has 8 heteroatoms. The SMILES string of the molecule is CNCCC1CCN(CC(=O)N(C2CCCCC2)C2CCS(=O)(=O)C2)CC1.Cl. The number of sulfone groups is 1. The van der Waals surface area contributed by atoms with Crippen molar-refractivity contribution in [3.63, 3.8) is 0 Å². The minimum atomic E-state index is -2.98. The lowest BCUT2D eigenvalue weighted by molar-refractivity contribution is -0.138. The molecule has 28 heavy (non-hydrogen) atoms. The third kappa shape index (κ3) is 6.57. The Morgan fingerprint density at radius 3 is 2.29 bits per heavy atom. The molecule has 2 saturated heterocycles. The summed E-state index contributed by atoms with van der Waals surface area (Å²) in [5.41, 5.74) is 0. The third-order valence-electron chi connectivity index (χ3n) is 6.73. The average Bonchev–Trinajstić information content (AvgIpc) is 3.01. The van der Waals surface area contributed by atoms with E-state index in [1.807, 2.05) is 11.9 Å². The number of nitrogens with one attached hydrogen (secondary N) is 1. The molecule has 0 bridgehead atoms. The maximum Gasteiger partial charge on any atom is 0.237 e. The van der Waals surface area contributed by atoms with Gasteiger partial charge in [-0.2, -0.15) is 0 Å². The average molecular weight is 436 g/mol. The second kappa shape index (κ2) is 11.1. The fourth-order valence-corrected chi connectivity index (χ4v) is 6.83. The third-order valence-corrected chi connectivity index (χ3v) is 8.48. The van der Waals surface area contributed by atoms with Gasteiger partial charge in [-0.25, -0.2) is 8.42 Å². The number of halogens is 1. The number of amides is 1. The number of carbonyl (C=O) groups excluding carboxylic acids is 1. The van der Waals surface area contributed by atoms with E-state index in [1.165, 1.54) is 12.8 Å². The molecule has 2 aliphatic heterocycles. The number of hydrogen-bond acceptors (Lipinski definition) is 5. The molecule has 6 nitrogen and oxygen atoms in total. The lowest BCUT2D eigenvalue weighted by atomic mass is 9.92. The van der Waals surface area contributed by atoms with Crippen molar-refractivity contribution < 1.29 is 13.2 Å². The first-order chi connectivity index (χ1) is 13.0. The van der Waals surface area contributed by atoms with Crippen LogP contribution in [0.2, 0.25) is 0 Å². The first kappa shape index (κ1) is 23.9. The van der Waals surface area contributed by atoms with E-state index >= 15 is 0 Å². The minimum Gasteiger partial charge on any atom is -0.335 e. The van der Waals surface area contributed by atoms with E-state index in [0.717, 1.165) is 64.1 Å². The summed E-state index contributed by atoms with van der Waals surface area (Å²) in [6, 6.07) is 0.150. The van der Waals surface area contributed by atoms with Crippen molar-refractivity contribution in [3.05, 3.63) is 0 Å². The Morgan fingerprint density at radius 2 is 1.71 bits per heavy atom. The highest BCUT2D eigenvalue weighted by atomic mass is 35.5. The number of hydrogen-bond donors (Lipinski definition) is 1. The first-order valence-electron chi connectivity index (χ1n) is 10.9. The van der Waals surface area contributed by atoms with E-state index in [0.29, 0.717) is 13.0 Å². The minimum absolute atomic E-state index is 0. The highest BCUT2D eigenvalue weighted by Crippen LogP contribution is 2.29. The molecule has 1 aliphatic carbocycles. The summed E-state index contributed by atoms with van der Waals surface area (Å²) in [4.78, 5) is 17.5. The molecule has 1 N–H and O–H groups in total. The number of rotatable bonds is 7. The predicted octanol–water partition coefficient (Wildman–Crippen LogP) is 2.08. The molecule has 3 rings (SSSR count). The molecule has 2 heterocycles. The Hall–Kier alpha value is -0.370. The molecule has 0 aromatic rings. The molecule has 0 aromatic heterocycles. The van der Waals surface area contributed by atoms with Gasteiger partial charge in [0.2, 0.25) is 5.91 Å². The summed E-state index contributed by atoms with van der Waals surface area (Å²) in [5.74, 6) is 1.34. The molecule has 0 radical (unpaired) electrons. The van der Waals surface area contributed by atoms with Gasteiger partial charge in [0.25, 0.3) is 0 Å². The lowest BCUT2D eigenvalue weighted by Crippen LogP contribution is -2.52. The Morgan fingerprint density at radius 1 is 1.04 bits per heavy atom. The van der Waals surface area contributed by atoms with Crippen LogP contribution in [-0.2, 0) is 14.6 Å². The van der Waals surface area contributed by atoms with Crippen molar-refractivity contribution in [1.82, 2.24) is 15.1 Å². The van der Waals surface area contributed by atoms with Gasteiger partial charge in [0.05, 0.1) is 18.1 Å². The van der Waals surface area contributed by atoms with Crippen molar-refractivity contribution in [2.75, 3.05) is 44.7 Å². The van der Waals surface area contributed by atoms with Gasteiger partial charge >= 0.3 is 0 Å². The molecule has 0 spiro atoms. The van der Waals surface area contributed by atoms with Crippen molar-refractivity contribution in [2.45, 2.75) is 69.9 Å². The maximum atomic E-state index is 13.2. The molecule has 3 fully saturated rings. The largest absolute Gasteiger partial charge is 0.335 e. The quantitative estimate of drug-likeness (QED) is 0.662. The molecule has 0 aromatic carbocycles. The maximum absolute atomic E-state index is 13.2. The predicted molar refractivity (Wildman–Crippen MR) is 116 cm³/mol. The van der Waals surface area contributed by atoms with Crippen molar-refractivity contribution in [3.8, 4) is 0 Å². The fraction of sp³-hybridized carbons (Fsp3) is 0.950. The molecular formula is C20H38ClN3O3S. The summed E-state index contributed by atoms with van der Waals surface area (Å²) in [6.45, 7) is 3.50. The smallest absolute Gasteiger partial charge is 0.237 e. The molecule has 1 amide bonds. The van der Waals surface area contributed by atoms with Crippen LogP contribution in [0.25, 0.3) is 0 Å². The fourth-order valence-electron chi connectivity index (χ4n) is 5.11. The van der Waals surface area contributed by atoms with Crippen LogP contribution in [0.1, 0.15) is 57.8 Å². The van der Waals surface area contributed by atoms with Crippen molar-refractivity contribution >= 4 is 28.2 Å².